The standard InChI is InChI=1S/C19H21N3O2/c1-14(17-7-4-10-20-12-17)21-22-19(23)13-24-18-9-8-15-5-2-3-6-16(15)11-18/h4,7-12H,2-3,5-6,13H2,1H3,(H,22,23)/b21-14+. The molecule has 1 aliphatic rings. The molecule has 0 bridgehead atoms. The molecule has 1 heterocycles. The van der Waals surface area contributed by atoms with Gasteiger partial charge in [0, 0.05) is 18.0 Å². The number of fused-ring (bicyclic) bond motifs is 1. The molecule has 1 N–H and O–H groups in total. The van der Waals surface area contributed by atoms with Gasteiger partial charge >= 0.3 is 0 Å². The summed E-state index contributed by atoms with van der Waals surface area (Å²) in [4.78, 5) is 15.9. The van der Waals surface area contributed by atoms with Crippen LogP contribution in [0.4, 0.5) is 0 Å². The van der Waals surface area contributed by atoms with Gasteiger partial charge in [0.05, 0.1) is 5.71 Å². The van der Waals surface area contributed by atoms with Crippen molar-refractivity contribution in [3.8, 4) is 5.75 Å². The average Bonchev–Trinajstić information content (AvgIpc) is 2.65. The summed E-state index contributed by atoms with van der Waals surface area (Å²) in [5.41, 5.74) is 6.81. The van der Waals surface area contributed by atoms with Crippen LogP contribution in [0, 0.1) is 0 Å². The molecule has 1 aromatic carbocycles. The number of hydrazone groups is 1. The minimum atomic E-state index is -0.282. The first kappa shape index (κ1) is 16.2. The number of pyridine rings is 1. The molecular formula is C19H21N3O2. The zero-order chi connectivity index (χ0) is 16.8. The Morgan fingerprint density at radius 2 is 2.08 bits per heavy atom. The molecule has 1 aliphatic carbocycles. The van der Waals surface area contributed by atoms with Crippen molar-refractivity contribution < 1.29 is 9.53 Å². The average molecular weight is 323 g/mol. The number of carbonyl (C=O) groups is 1. The van der Waals surface area contributed by atoms with Gasteiger partial charge in [-0.15, -0.1) is 0 Å². The van der Waals surface area contributed by atoms with Crippen LogP contribution < -0.4 is 10.2 Å². The van der Waals surface area contributed by atoms with E-state index in [0.717, 1.165) is 24.2 Å². The van der Waals surface area contributed by atoms with Crippen LogP contribution >= 0.6 is 0 Å². The van der Waals surface area contributed by atoms with Crippen LogP contribution in [0.3, 0.4) is 0 Å². The normalized spacial score (nSPS) is 14.0. The summed E-state index contributed by atoms with van der Waals surface area (Å²) in [5, 5.41) is 4.07. The highest BCUT2D eigenvalue weighted by Crippen LogP contribution is 2.25. The van der Waals surface area contributed by atoms with Gasteiger partial charge in [-0.1, -0.05) is 12.1 Å². The maximum Gasteiger partial charge on any atom is 0.277 e. The Bertz CT molecular complexity index is 742. The minimum absolute atomic E-state index is 0.0530. The van der Waals surface area contributed by atoms with E-state index in [1.165, 1.54) is 24.0 Å². The Morgan fingerprint density at radius 3 is 2.88 bits per heavy atom. The number of amides is 1. The third-order valence-electron chi connectivity index (χ3n) is 4.12. The fourth-order valence-corrected chi connectivity index (χ4v) is 2.77. The molecule has 0 saturated heterocycles. The summed E-state index contributed by atoms with van der Waals surface area (Å²) in [5.74, 6) is 0.453. The van der Waals surface area contributed by atoms with E-state index in [0.29, 0.717) is 5.71 Å². The molecule has 5 nitrogen and oxygen atoms in total. The molecule has 5 heteroatoms. The molecule has 0 atom stereocenters. The first-order valence-electron chi connectivity index (χ1n) is 8.20. The van der Waals surface area contributed by atoms with Crippen molar-refractivity contribution in [3.05, 3.63) is 59.4 Å². The molecule has 0 aliphatic heterocycles. The van der Waals surface area contributed by atoms with Crippen LogP contribution in [0.2, 0.25) is 0 Å². The van der Waals surface area contributed by atoms with E-state index in [9.17, 15) is 4.79 Å². The quantitative estimate of drug-likeness (QED) is 0.680. The summed E-state index contributed by atoms with van der Waals surface area (Å²) < 4.78 is 5.58. The zero-order valence-corrected chi connectivity index (χ0v) is 13.8. The van der Waals surface area contributed by atoms with Crippen molar-refractivity contribution in [2.24, 2.45) is 5.10 Å². The molecule has 0 radical (unpaired) electrons. The number of aryl methyl sites for hydroxylation is 2. The number of nitrogens with zero attached hydrogens (tertiary/aromatic N) is 2. The van der Waals surface area contributed by atoms with Gasteiger partial charge in [0.2, 0.25) is 0 Å². The van der Waals surface area contributed by atoms with Crippen LogP contribution in [0.25, 0.3) is 0 Å². The Morgan fingerprint density at radius 1 is 1.25 bits per heavy atom. The summed E-state index contributed by atoms with van der Waals surface area (Å²) in [7, 11) is 0. The van der Waals surface area contributed by atoms with Gasteiger partial charge in [-0.25, -0.2) is 5.43 Å². The van der Waals surface area contributed by atoms with Crippen LogP contribution in [-0.4, -0.2) is 23.2 Å². The molecule has 0 unspecified atom stereocenters. The number of nitrogens with one attached hydrogen (secondary N) is 1. The molecular weight excluding hydrogens is 302 g/mol. The summed E-state index contributed by atoms with van der Waals surface area (Å²) in [6.45, 7) is 1.77. The van der Waals surface area contributed by atoms with Gasteiger partial charge in [-0.05, 0) is 61.9 Å². The van der Waals surface area contributed by atoms with E-state index in [1.54, 1.807) is 12.4 Å². The Hall–Kier alpha value is -2.69. The SMILES string of the molecule is C/C(=N\NC(=O)COc1ccc2c(c1)CCCC2)c1cccnc1. The highest BCUT2D eigenvalue weighted by molar-refractivity contribution is 5.98. The van der Waals surface area contributed by atoms with Crippen LogP contribution in [-0.2, 0) is 17.6 Å². The predicted octanol–water partition coefficient (Wildman–Crippen LogP) is 2.88. The van der Waals surface area contributed by atoms with E-state index in [4.69, 9.17) is 4.74 Å². The van der Waals surface area contributed by atoms with Crippen molar-refractivity contribution in [3.63, 3.8) is 0 Å². The smallest absolute Gasteiger partial charge is 0.277 e. The Labute approximate surface area is 141 Å². The molecule has 124 valence electrons. The van der Waals surface area contributed by atoms with E-state index < -0.39 is 0 Å². The van der Waals surface area contributed by atoms with E-state index in [1.807, 2.05) is 31.2 Å². The largest absolute Gasteiger partial charge is 0.484 e. The lowest BCUT2D eigenvalue weighted by atomic mass is 9.92. The van der Waals surface area contributed by atoms with E-state index >= 15 is 0 Å². The number of hydrogen-bond acceptors (Lipinski definition) is 4. The van der Waals surface area contributed by atoms with Crippen LogP contribution in [0.5, 0.6) is 5.75 Å². The Kier molecular flexibility index (Phi) is 5.21. The highest BCUT2D eigenvalue weighted by Gasteiger charge is 2.10. The molecule has 24 heavy (non-hydrogen) atoms. The third-order valence-corrected chi connectivity index (χ3v) is 4.12. The van der Waals surface area contributed by atoms with Gasteiger partial charge in [-0.2, -0.15) is 5.10 Å². The highest BCUT2D eigenvalue weighted by atomic mass is 16.5. The molecule has 1 amide bonds. The second-order valence-corrected chi connectivity index (χ2v) is 5.90. The monoisotopic (exact) mass is 323 g/mol. The van der Waals surface area contributed by atoms with Gasteiger partial charge < -0.3 is 4.74 Å². The topological polar surface area (TPSA) is 63.6 Å². The second kappa shape index (κ2) is 7.73. The summed E-state index contributed by atoms with van der Waals surface area (Å²) in [6.07, 6.45) is 8.10. The van der Waals surface area contributed by atoms with Gasteiger partial charge in [0.15, 0.2) is 6.61 Å². The first-order chi connectivity index (χ1) is 11.7. The lowest BCUT2D eigenvalue weighted by molar-refractivity contribution is -0.123. The Balaban J connectivity index is 1.52. The molecule has 3 rings (SSSR count). The van der Waals surface area contributed by atoms with Crippen molar-refractivity contribution >= 4 is 11.6 Å². The maximum absolute atomic E-state index is 11.9. The van der Waals surface area contributed by atoms with Crippen LogP contribution in [0.15, 0.2) is 47.8 Å². The van der Waals surface area contributed by atoms with Gasteiger partial charge in [0.1, 0.15) is 5.75 Å². The predicted molar refractivity (Wildman–Crippen MR) is 93.2 cm³/mol. The molecule has 1 aromatic heterocycles. The maximum atomic E-state index is 11.9. The second-order valence-electron chi connectivity index (χ2n) is 5.90. The van der Waals surface area contributed by atoms with Crippen LogP contribution in [0.1, 0.15) is 36.5 Å². The number of hydrogen-bond donors (Lipinski definition) is 1. The van der Waals surface area contributed by atoms with Crippen molar-refractivity contribution in [1.82, 2.24) is 10.4 Å². The first-order valence-corrected chi connectivity index (χ1v) is 8.20. The number of aromatic nitrogens is 1. The summed E-state index contributed by atoms with van der Waals surface area (Å²) >= 11 is 0. The lowest BCUT2D eigenvalue weighted by Gasteiger charge is -2.16. The zero-order valence-electron chi connectivity index (χ0n) is 13.8. The number of benzene rings is 1. The third kappa shape index (κ3) is 4.19. The van der Waals surface area contributed by atoms with E-state index in [2.05, 4.69) is 21.6 Å². The van der Waals surface area contributed by atoms with Crippen molar-refractivity contribution in [2.75, 3.05) is 6.61 Å². The van der Waals surface area contributed by atoms with E-state index in [-0.39, 0.29) is 12.5 Å². The van der Waals surface area contributed by atoms with Gasteiger partial charge in [0.25, 0.3) is 5.91 Å². The molecule has 0 fully saturated rings. The fraction of sp³-hybridized carbons (Fsp3) is 0.316. The van der Waals surface area contributed by atoms with Gasteiger partial charge in [-0.3, -0.25) is 9.78 Å². The summed E-state index contributed by atoms with van der Waals surface area (Å²) in [6, 6.07) is 9.80. The number of rotatable bonds is 5. The lowest BCUT2D eigenvalue weighted by Crippen LogP contribution is -2.25. The fourth-order valence-electron chi connectivity index (χ4n) is 2.77. The molecule has 0 saturated carbocycles. The molecule has 0 spiro atoms. The minimum Gasteiger partial charge on any atom is -0.484 e. The molecule has 2 aromatic rings. The van der Waals surface area contributed by atoms with Crippen molar-refractivity contribution in [2.45, 2.75) is 32.6 Å². The number of carbonyl (C=O) groups excluding carboxylic acids is 1. The number of ether oxygens (including phenoxy) is 1. The van der Waals surface area contributed by atoms with Crippen molar-refractivity contribution in [1.29, 1.82) is 0 Å².